The summed E-state index contributed by atoms with van der Waals surface area (Å²) in [4.78, 5) is 44.4. The van der Waals surface area contributed by atoms with Gasteiger partial charge in [0.1, 0.15) is 11.3 Å². The summed E-state index contributed by atoms with van der Waals surface area (Å²) >= 11 is 13.7. The number of nitrogens with one attached hydrogen (secondary N) is 1. The molecule has 2 aromatic carbocycles. The number of aliphatic hydroxyl groups is 1. The number of aromatic nitrogens is 3. The number of nitrogens with zero attached hydrogens (tertiary/aromatic N) is 4. The number of pyridine rings is 1. The van der Waals surface area contributed by atoms with Crippen LogP contribution in [0.3, 0.4) is 0 Å². The van der Waals surface area contributed by atoms with Crippen LogP contribution in [-0.4, -0.2) is 56.8 Å². The molecule has 218 valence electrons. The molecule has 3 heterocycles. The fourth-order valence-corrected chi connectivity index (χ4v) is 5.61. The summed E-state index contributed by atoms with van der Waals surface area (Å²) < 4.78 is 7.69. The zero-order chi connectivity index (χ0) is 30.1. The van der Waals surface area contributed by atoms with Gasteiger partial charge in [0.2, 0.25) is 0 Å². The van der Waals surface area contributed by atoms with Crippen LogP contribution in [0.25, 0.3) is 22.4 Å². The number of halogens is 2. The third-order valence-electron chi connectivity index (χ3n) is 7.35. The van der Waals surface area contributed by atoms with Gasteiger partial charge in [-0.15, -0.1) is 0 Å². The van der Waals surface area contributed by atoms with Gasteiger partial charge in [-0.1, -0.05) is 53.5 Å². The molecule has 5 rings (SSSR count). The number of likely N-dealkylation sites (tertiary alicyclic amines) is 1. The Balaban J connectivity index is 1.44. The highest BCUT2D eigenvalue weighted by Gasteiger charge is 2.27. The van der Waals surface area contributed by atoms with E-state index in [4.69, 9.17) is 27.9 Å². The zero-order valence-electron chi connectivity index (χ0n) is 23.2. The minimum atomic E-state index is -0.716. The predicted octanol–water partition coefficient (Wildman–Crippen LogP) is 3.80. The van der Waals surface area contributed by atoms with Crippen LogP contribution in [0.1, 0.15) is 15.9 Å². The molecule has 1 saturated heterocycles. The van der Waals surface area contributed by atoms with Gasteiger partial charge >= 0.3 is 5.69 Å². The molecule has 0 unspecified atom stereocenters. The highest BCUT2D eigenvalue weighted by molar-refractivity contribution is 6.39. The molecule has 1 amide bonds. The number of hydrogen-bond acceptors (Lipinski definition) is 7. The third kappa shape index (κ3) is 5.58. The minimum Gasteiger partial charge on any atom is -0.496 e. The molecule has 0 radical (unpaired) electrons. The van der Waals surface area contributed by atoms with Crippen molar-refractivity contribution in [1.82, 2.24) is 19.0 Å². The van der Waals surface area contributed by atoms with Crippen molar-refractivity contribution >= 4 is 34.8 Å². The molecule has 4 aromatic rings. The molecule has 1 aliphatic rings. The molecular weight excluding hydrogens is 581 g/mol. The van der Waals surface area contributed by atoms with Crippen molar-refractivity contribution in [3.8, 4) is 28.1 Å². The molecule has 0 spiro atoms. The standard InChI is InChI=1S/C30H29Cl2N5O5/c1-35-15-22(29(40)36(2)30(35)41)28(39)34-23-9-5-7-20(27(23)32)19-6-4-8-21(26(19)31)24-10-25(42-3)18(11-33-24)14-37-12-17(13-37)16-38/h4-11,15,17,38H,12-14,16H2,1-3H3,(H,34,39). The van der Waals surface area contributed by atoms with Gasteiger partial charge in [0.05, 0.1) is 28.5 Å². The molecule has 12 heteroatoms. The molecular formula is C30H29Cl2N5O5. The monoisotopic (exact) mass is 609 g/mol. The molecule has 1 aliphatic heterocycles. The molecule has 0 saturated carbocycles. The SMILES string of the molecule is COc1cc(-c2cccc(-c3cccc(NC(=O)c4cn(C)c(=O)n(C)c4=O)c3Cl)c2Cl)ncc1CN1CC(CO)C1. The number of hydrogen-bond donors (Lipinski definition) is 2. The van der Waals surface area contributed by atoms with Crippen molar-refractivity contribution in [3.05, 3.63) is 96.9 Å². The minimum absolute atomic E-state index is 0.189. The Kier molecular flexibility index (Phi) is 8.51. The number of aryl methyl sites for hydroxylation is 1. The van der Waals surface area contributed by atoms with Crippen molar-refractivity contribution < 1.29 is 14.6 Å². The average Bonchev–Trinajstić information content (AvgIpc) is 2.97. The Hall–Kier alpha value is -3.96. The second kappa shape index (κ2) is 12.1. The Morgan fingerprint density at radius 2 is 1.74 bits per heavy atom. The van der Waals surface area contributed by atoms with Crippen molar-refractivity contribution in [2.75, 3.05) is 32.1 Å². The predicted molar refractivity (Wildman–Crippen MR) is 162 cm³/mol. The van der Waals surface area contributed by atoms with Crippen LogP contribution in [0.5, 0.6) is 5.75 Å². The maximum Gasteiger partial charge on any atom is 0.330 e. The lowest BCUT2D eigenvalue weighted by Gasteiger charge is -2.38. The second-order valence-corrected chi connectivity index (χ2v) is 11.0. The first-order valence-corrected chi connectivity index (χ1v) is 13.9. The van der Waals surface area contributed by atoms with Gasteiger partial charge in [-0.2, -0.15) is 0 Å². The molecule has 42 heavy (non-hydrogen) atoms. The van der Waals surface area contributed by atoms with E-state index >= 15 is 0 Å². The fraction of sp³-hybridized carbons (Fsp3) is 0.267. The average molecular weight is 610 g/mol. The Morgan fingerprint density at radius 1 is 1.07 bits per heavy atom. The number of rotatable bonds is 8. The van der Waals surface area contributed by atoms with Gasteiger partial charge < -0.3 is 19.7 Å². The van der Waals surface area contributed by atoms with Gasteiger partial charge in [-0.05, 0) is 6.07 Å². The maximum absolute atomic E-state index is 13.0. The smallest absolute Gasteiger partial charge is 0.330 e. The zero-order valence-corrected chi connectivity index (χ0v) is 24.7. The molecule has 10 nitrogen and oxygen atoms in total. The fourth-order valence-electron chi connectivity index (χ4n) is 5.01. The Bertz CT molecular complexity index is 1800. The second-order valence-electron chi connectivity index (χ2n) is 10.2. The number of anilines is 1. The van der Waals surface area contributed by atoms with E-state index in [9.17, 15) is 19.5 Å². The van der Waals surface area contributed by atoms with Crippen molar-refractivity contribution in [2.45, 2.75) is 6.54 Å². The molecule has 0 bridgehead atoms. The van der Waals surface area contributed by atoms with Crippen LogP contribution < -0.4 is 21.3 Å². The van der Waals surface area contributed by atoms with E-state index < -0.39 is 17.2 Å². The first-order chi connectivity index (χ1) is 20.1. The normalized spacial score (nSPS) is 13.6. The van der Waals surface area contributed by atoms with Crippen LogP contribution in [-0.2, 0) is 20.6 Å². The molecule has 2 N–H and O–H groups in total. The largest absolute Gasteiger partial charge is 0.496 e. The van der Waals surface area contributed by atoms with E-state index in [-0.39, 0.29) is 22.9 Å². The Labute approximate surface area is 251 Å². The lowest BCUT2D eigenvalue weighted by Crippen LogP contribution is -2.47. The summed E-state index contributed by atoms with van der Waals surface area (Å²) in [5.74, 6) is 0.289. The van der Waals surface area contributed by atoms with Gasteiger partial charge in [0, 0.05) is 87.0 Å². The topological polar surface area (TPSA) is 119 Å². The molecule has 0 atom stereocenters. The lowest BCUT2D eigenvalue weighted by atomic mass is 9.99. The highest BCUT2D eigenvalue weighted by Crippen LogP contribution is 2.41. The maximum atomic E-state index is 13.0. The van der Waals surface area contributed by atoms with Gasteiger partial charge in [0.25, 0.3) is 11.5 Å². The van der Waals surface area contributed by atoms with E-state index in [1.807, 2.05) is 24.3 Å². The third-order valence-corrected chi connectivity index (χ3v) is 8.17. The number of ether oxygens (including phenoxy) is 1. The van der Waals surface area contributed by atoms with Gasteiger partial charge in [0.15, 0.2) is 0 Å². The van der Waals surface area contributed by atoms with Crippen molar-refractivity contribution in [1.29, 1.82) is 0 Å². The van der Waals surface area contributed by atoms with Crippen LogP contribution in [0.2, 0.25) is 10.0 Å². The summed E-state index contributed by atoms with van der Waals surface area (Å²) in [5.41, 5.74) is 2.22. The number of methoxy groups -OCH3 is 1. The molecule has 0 aliphatic carbocycles. The van der Waals surface area contributed by atoms with Crippen LogP contribution in [0, 0.1) is 5.92 Å². The van der Waals surface area contributed by atoms with Gasteiger partial charge in [-0.3, -0.25) is 24.0 Å². The van der Waals surface area contributed by atoms with E-state index in [0.717, 1.165) is 27.8 Å². The number of amides is 1. The van der Waals surface area contributed by atoms with Crippen molar-refractivity contribution in [2.24, 2.45) is 20.0 Å². The molecule has 1 fully saturated rings. The summed E-state index contributed by atoms with van der Waals surface area (Å²) in [6.45, 7) is 2.52. The first kappa shape index (κ1) is 29.5. The van der Waals surface area contributed by atoms with E-state index in [0.29, 0.717) is 45.6 Å². The van der Waals surface area contributed by atoms with E-state index in [2.05, 4.69) is 15.2 Å². The van der Waals surface area contributed by atoms with Gasteiger partial charge in [-0.25, -0.2) is 4.79 Å². The van der Waals surface area contributed by atoms with Crippen LogP contribution in [0.4, 0.5) is 5.69 Å². The van der Waals surface area contributed by atoms with E-state index in [1.54, 1.807) is 31.5 Å². The number of aliphatic hydroxyl groups excluding tert-OH is 1. The van der Waals surface area contributed by atoms with Crippen LogP contribution in [0.15, 0.2) is 64.4 Å². The summed E-state index contributed by atoms with van der Waals surface area (Å²) in [6, 6.07) is 12.4. The highest BCUT2D eigenvalue weighted by atomic mass is 35.5. The first-order valence-electron chi connectivity index (χ1n) is 13.1. The quantitative estimate of drug-likeness (QED) is 0.312. The van der Waals surface area contributed by atoms with Crippen molar-refractivity contribution in [3.63, 3.8) is 0 Å². The number of benzene rings is 2. The summed E-state index contributed by atoms with van der Waals surface area (Å²) in [5, 5.41) is 12.6. The number of carbonyl (C=O) groups excluding carboxylic acids is 1. The molecule has 2 aromatic heterocycles. The summed E-state index contributed by atoms with van der Waals surface area (Å²) in [6.07, 6.45) is 2.97. The summed E-state index contributed by atoms with van der Waals surface area (Å²) in [7, 11) is 4.37. The van der Waals surface area contributed by atoms with E-state index in [1.165, 1.54) is 20.3 Å². The Morgan fingerprint density at radius 3 is 2.43 bits per heavy atom. The lowest BCUT2D eigenvalue weighted by molar-refractivity contribution is 0.0473. The number of carbonyl (C=O) groups is 1. The van der Waals surface area contributed by atoms with Crippen LogP contribution >= 0.6 is 23.2 Å².